The van der Waals surface area contributed by atoms with Crippen LogP contribution in [0, 0.1) is 11.8 Å². The zero-order valence-electron chi connectivity index (χ0n) is 7.57. The van der Waals surface area contributed by atoms with E-state index in [0.29, 0.717) is 0 Å². The number of hydrogen-bond acceptors (Lipinski definition) is 1. The second-order valence-electron chi connectivity index (χ2n) is 2.71. The van der Waals surface area contributed by atoms with Gasteiger partial charge in [0.1, 0.15) is 6.10 Å². The third-order valence-corrected chi connectivity index (χ3v) is 1.45. The molecule has 0 aliphatic rings. The maximum atomic E-state index is 8.84. The zero-order chi connectivity index (χ0) is 9.52. The summed E-state index contributed by atoms with van der Waals surface area (Å²) >= 11 is 0. The predicted octanol–water partition coefficient (Wildman–Crippen LogP) is 2.08. The van der Waals surface area contributed by atoms with Crippen LogP contribution in [0.3, 0.4) is 0 Å². The fourth-order valence-corrected chi connectivity index (χ4v) is 0.871. The van der Waals surface area contributed by atoms with E-state index in [4.69, 9.17) is 5.11 Å². The maximum absolute atomic E-state index is 8.84. The number of aliphatic hydroxyl groups excluding tert-OH is 1. The highest BCUT2D eigenvalue weighted by Crippen LogP contribution is 1.99. The van der Waals surface area contributed by atoms with Crippen LogP contribution >= 0.6 is 0 Å². The molecule has 66 valence electrons. The van der Waals surface area contributed by atoms with Crippen molar-refractivity contribution in [3.05, 3.63) is 42.0 Å². The Morgan fingerprint density at radius 3 is 2.62 bits per heavy atom. The molecular formula is C12H12O. The molecule has 0 aromatic heterocycles. The van der Waals surface area contributed by atoms with Crippen LogP contribution in [-0.2, 0) is 0 Å². The van der Waals surface area contributed by atoms with Gasteiger partial charge in [-0.25, -0.2) is 0 Å². The summed E-state index contributed by atoms with van der Waals surface area (Å²) in [5.74, 6) is 5.39. The van der Waals surface area contributed by atoms with E-state index in [1.165, 1.54) is 0 Å². The van der Waals surface area contributed by atoms with Crippen LogP contribution in [0.25, 0.3) is 6.08 Å². The first kappa shape index (κ1) is 9.57. The summed E-state index contributed by atoms with van der Waals surface area (Å²) in [6.07, 6.45) is 3.10. The van der Waals surface area contributed by atoms with Crippen molar-refractivity contribution >= 4 is 6.08 Å². The van der Waals surface area contributed by atoms with Crippen molar-refractivity contribution in [2.75, 3.05) is 0 Å². The summed E-state index contributed by atoms with van der Waals surface area (Å²) in [6.45, 7) is 1.64. The van der Waals surface area contributed by atoms with Gasteiger partial charge in [-0.15, -0.1) is 0 Å². The third-order valence-electron chi connectivity index (χ3n) is 1.45. The molecule has 1 nitrogen and oxygen atoms in total. The van der Waals surface area contributed by atoms with Crippen molar-refractivity contribution in [3.8, 4) is 11.8 Å². The molecule has 0 spiro atoms. The fourth-order valence-electron chi connectivity index (χ4n) is 0.871. The Morgan fingerprint density at radius 1 is 1.31 bits per heavy atom. The SMILES string of the molecule is CC(O)C#C/C=C/c1ccccc1. The van der Waals surface area contributed by atoms with Crippen LogP contribution in [-0.4, -0.2) is 11.2 Å². The number of allylic oxidation sites excluding steroid dienone is 1. The first-order valence-electron chi connectivity index (χ1n) is 4.20. The molecule has 1 N–H and O–H groups in total. The lowest BCUT2D eigenvalue weighted by atomic mass is 10.2. The standard InChI is InChI=1S/C12H12O/c1-11(13)7-5-6-10-12-8-3-2-4-9-12/h2-4,6,8-11,13H,1H3/b10-6+. The Balaban J connectivity index is 2.57. The van der Waals surface area contributed by atoms with Gasteiger partial charge in [0.25, 0.3) is 0 Å². The van der Waals surface area contributed by atoms with E-state index in [2.05, 4.69) is 11.8 Å². The highest BCUT2D eigenvalue weighted by Gasteiger charge is 1.81. The molecule has 1 rings (SSSR count). The molecule has 0 saturated carbocycles. The minimum absolute atomic E-state index is 0.555. The molecule has 0 fully saturated rings. The summed E-state index contributed by atoms with van der Waals surface area (Å²) in [5.41, 5.74) is 1.11. The Labute approximate surface area is 78.7 Å². The maximum Gasteiger partial charge on any atom is 0.112 e. The summed E-state index contributed by atoms with van der Waals surface area (Å²) in [4.78, 5) is 0. The van der Waals surface area contributed by atoms with Crippen molar-refractivity contribution < 1.29 is 5.11 Å². The summed E-state index contributed by atoms with van der Waals surface area (Å²) in [7, 11) is 0. The minimum Gasteiger partial charge on any atom is -0.381 e. The lowest BCUT2D eigenvalue weighted by Crippen LogP contribution is -1.91. The third kappa shape index (κ3) is 4.15. The molecule has 1 aromatic rings. The van der Waals surface area contributed by atoms with Gasteiger partial charge >= 0.3 is 0 Å². The Morgan fingerprint density at radius 2 is 2.00 bits per heavy atom. The van der Waals surface area contributed by atoms with Crippen molar-refractivity contribution in [1.29, 1.82) is 0 Å². The van der Waals surface area contributed by atoms with Gasteiger partial charge in [-0.05, 0) is 24.6 Å². The number of aliphatic hydroxyl groups is 1. The molecule has 0 aliphatic carbocycles. The van der Waals surface area contributed by atoms with Gasteiger partial charge in [0.05, 0.1) is 0 Å². The van der Waals surface area contributed by atoms with Crippen molar-refractivity contribution in [2.45, 2.75) is 13.0 Å². The highest BCUT2D eigenvalue weighted by molar-refractivity contribution is 5.52. The van der Waals surface area contributed by atoms with Crippen molar-refractivity contribution in [1.82, 2.24) is 0 Å². The fraction of sp³-hybridized carbons (Fsp3) is 0.167. The Kier molecular flexibility index (Phi) is 3.81. The zero-order valence-corrected chi connectivity index (χ0v) is 7.57. The van der Waals surface area contributed by atoms with E-state index in [1.807, 2.05) is 36.4 Å². The van der Waals surface area contributed by atoms with Crippen LogP contribution in [0.5, 0.6) is 0 Å². The molecule has 13 heavy (non-hydrogen) atoms. The smallest absolute Gasteiger partial charge is 0.112 e. The Hall–Kier alpha value is -1.52. The number of benzene rings is 1. The summed E-state index contributed by atoms with van der Waals surface area (Å²) in [6, 6.07) is 9.92. The normalized spacial score (nSPS) is 12.2. The minimum atomic E-state index is -0.555. The lowest BCUT2D eigenvalue weighted by molar-refractivity contribution is 0.253. The Bertz CT molecular complexity index is 325. The molecule has 0 heterocycles. The van der Waals surface area contributed by atoms with Crippen LogP contribution < -0.4 is 0 Å². The van der Waals surface area contributed by atoms with Gasteiger partial charge in [-0.2, -0.15) is 0 Å². The van der Waals surface area contributed by atoms with Gasteiger partial charge < -0.3 is 5.11 Å². The molecule has 1 aromatic carbocycles. The average molecular weight is 172 g/mol. The molecule has 0 radical (unpaired) electrons. The van der Waals surface area contributed by atoms with Crippen molar-refractivity contribution in [2.24, 2.45) is 0 Å². The monoisotopic (exact) mass is 172 g/mol. The quantitative estimate of drug-likeness (QED) is 0.643. The van der Waals surface area contributed by atoms with Gasteiger partial charge in [0, 0.05) is 0 Å². The summed E-state index contributed by atoms with van der Waals surface area (Å²) < 4.78 is 0. The largest absolute Gasteiger partial charge is 0.381 e. The highest BCUT2D eigenvalue weighted by atomic mass is 16.3. The molecule has 1 unspecified atom stereocenters. The molecule has 1 atom stereocenters. The number of rotatable bonds is 1. The van der Waals surface area contributed by atoms with Gasteiger partial charge in [0.2, 0.25) is 0 Å². The van der Waals surface area contributed by atoms with Crippen molar-refractivity contribution in [3.63, 3.8) is 0 Å². The molecule has 0 amide bonds. The van der Waals surface area contributed by atoms with E-state index in [-0.39, 0.29) is 0 Å². The van der Waals surface area contributed by atoms with Gasteiger partial charge in [-0.3, -0.25) is 0 Å². The second-order valence-corrected chi connectivity index (χ2v) is 2.71. The average Bonchev–Trinajstić information content (AvgIpc) is 2.14. The molecule has 0 aliphatic heterocycles. The predicted molar refractivity (Wildman–Crippen MR) is 54.9 cm³/mol. The van der Waals surface area contributed by atoms with Crippen LogP contribution in [0.1, 0.15) is 12.5 Å². The van der Waals surface area contributed by atoms with E-state index in [0.717, 1.165) is 5.56 Å². The van der Waals surface area contributed by atoms with Crippen LogP contribution in [0.4, 0.5) is 0 Å². The topological polar surface area (TPSA) is 20.2 Å². The van der Waals surface area contributed by atoms with Crippen LogP contribution in [0.15, 0.2) is 36.4 Å². The van der Waals surface area contributed by atoms with Gasteiger partial charge in [-0.1, -0.05) is 42.2 Å². The molecular weight excluding hydrogens is 160 g/mol. The van der Waals surface area contributed by atoms with E-state index < -0.39 is 6.10 Å². The van der Waals surface area contributed by atoms with Gasteiger partial charge in [0.15, 0.2) is 0 Å². The lowest BCUT2D eigenvalue weighted by Gasteiger charge is -1.88. The number of hydrogen-bond donors (Lipinski definition) is 1. The molecule has 0 bridgehead atoms. The molecule has 1 heteroatoms. The summed E-state index contributed by atoms with van der Waals surface area (Å²) in [5, 5.41) is 8.84. The van der Waals surface area contributed by atoms with E-state index in [1.54, 1.807) is 13.0 Å². The molecule has 0 saturated heterocycles. The first-order chi connectivity index (χ1) is 6.29. The van der Waals surface area contributed by atoms with E-state index >= 15 is 0 Å². The van der Waals surface area contributed by atoms with Crippen LogP contribution in [0.2, 0.25) is 0 Å². The second kappa shape index (κ2) is 5.18. The first-order valence-corrected chi connectivity index (χ1v) is 4.20. The van der Waals surface area contributed by atoms with E-state index in [9.17, 15) is 0 Å².